The molecule has 2 unspecified atom stereocenters. The molecule has 2 bridgehead atoms. The van der Waals surface area contributed by atoms with Crippen LogP contribution in [0.2, 0.25) is 0 Å². The first-order chi connectivity index (χ1) is 13.7. The number of nitrogens with zero attached hydrogens (tertiary/aromatic N) is 5. The van der Waals surface area contributed by atoms with Crippen molar-refractivity contribution in [3.63, 3.8) is 0 Å². The molecule has 0 spiro atoms. The van der Waals surface area contributed by atoms with E-state index in [1.54, 1.807) is 32.7 Å². The minimum atomic E-state index is 0.276. The number of aryl methyl sites for hydroxylation is 1. The van der Waals surface area contributed by atoms with Gasteiger partial charge in [0.05, 0.1) is 26.3 Å². The van der Waals surface area contributed by atoms with Crippen LogP contribution in [0.15, 0.2) is 36.8 Å². The molecule has 142 valence electrons. The van der Waals surface area contributed by atoms with Crippen LogP contribution in [-0.4, -0.2) is 34.2 Å². The molecule has 0 radical (unpaired) electrons. The SMILES string of the molecule is COc1cc2c(cc1OC)C1CCC2N1c1nc(-c2ncccn2)ncc1C. The lowest BCUT2D eigenvalue weighted by atomic mass is 9.91. The molecule has 0 aliphatic carbocycles. The molecular formula is C21H21N5O2. The number of hydrogen-bond donors (Lipinski definition) is 0. The fourth-order valence-corrected chi connectivity index (χ4v) is 4.42. The summed E-state index contributed by atoms with van der Waals surface area (Å²) >= 11 is 0. The van der Waals surface area contributed by atoms with Crippen molar-refractivity contribution in [2.45, 2.75) is 31.8 Å². The molecule has 2 aromatic heterocycles. The summed E-state index contributed by atoms with van der Waals surface area (Å²) in [5.41, 5.74) is 3.64. The number of fused-ring (bicyclic) bond motifs is 5. The zero-order valence-corrected chi connectivity index (χ0v) is 16.1. The summed E-state index contributed by atoms with van der Waals surface area (Å²) in [6.07, 6.45) is 7.46. The second-order valence-electron chi connectivity index (χ2n) is 7.12. The minimum Gasteiger partial charge on any atom is -0.493 e. The monoisotopic (exact) mass is 375 g/mol. The van der Waals surface area contributed by atoms with Crippen LogP contribution in [0.1, 0.15) is 41.6 Å². The Morgan fingerprint density at radius 2 is 1.50 bits per heavy atom. The number of ether oxygens (including phenoxy) is 2. The average Bonchev–Trinajstić information content (AvgIpc) is 3.30. The predicted molar refractivity (Wildman–Crippen MR) is 105 cm³/mol. The van der Waals surface area contributed by atoms with Gasteiger partial charge >= 0.3 is 0 Å². The maximum Gasteiger partial charge on any atom is 0.199 e. The van der Waals surface area contributed by atoms with E-state index in [1.165, 1.54) is 11.1 Å². The molecule has 0 N–H and O–H groups in total. The third-order valence-electron chi connectivity index (χ3n) is 5.65. The van der Waals surface area contributed by atoms with Crippen molar-refractivity contribution < 1.29 is 9.47 Å². The van der Waals surface area contributed by atoms with Gasteiger partial charge in [-0.05, 0) is 49.1 Å². The number of aromatic nitrogens is 4. The van der Waals surface area contributed by atoms with Gasteiger partial charge in [-0.15, -0.1) is 0 Å². The van der Waals surface area contributed by atoms with E-state index in [4.69, 9.17) is 14.5 Å². The zero-order chi connectivity index (χ0) is 19.3. The molecule has 2 aliphatic heterocycles. The van der Waals surface area contributed by atoms with E-state index in [-0.39, 0.29) is 12.1 Å². The van der Waals surface area contributed by atoms with Crippen molar-refractivity contribution in [1.29, 1.82) is 0 Å². The van der Waals surface area contributed by atoms with Gasteiger partial charge < -0.3 is 14.4 Å². The van der Waals surface area contributed by atoms with E-state index >= 15 is 0 Å². The Balaban J connectivity index is 1.60. The Morgan fingerprint density at radius 3 is 2.07 bits per heavy atom. The van der Waals surface area contributed by atoms with Crippen molar-refractivity contribution in [3.05, 3.63) is 53.5 Å². The van der Waals surface area contributed by atoms with Crippen LogP contribution in [-0.2, 0) is 0 Å². The molecule has 28 heavy (non-hydrogen) atoms. The lowest BCUT2D eigenvalue weighted by molar-refractivity contribution is 0.353. The van der Waals surface area contributed by atoms with Crippen LogP contribution in [0.5, 0.6) is 11.5 Å². The van der Waals surface area contributed by atoms with E-state index in [0.29, 0.717) is 11.6 Å². The molecule has 4 heterocycles. The quantitative estimate of drug-likeness (QED) is 0.689. The Labute approximate surface area is 163 Å². The van der Waals surface area contributed by atoms with Crippen LogP contribution in [0.3, 0.4) is 0 Å². The summed E-state index contributed by atoms with van der Waals surface area (Å²) in [5, 5.41) is 0. The summed E-state index contributed by atoms with van der Waals surface area (Å²) < 4.78 is 11.1. The van der Waals surface area contributed by atoms with Crippen molar-refractivity contribution in [1.82, 2.24) is 19.9 Å². The standard InChI is InChI=1S/C21H21N5O2/c1-12-11-24-20(19-22-7-4-8-23-19)25-21(12)26-15-5-6-16(26)14-10-18(28-3)17(27-2)9-13(14)15/h4,7-11,15-16H,5-6H2,1-3H3. The van der Waals surface area contributed by atoms with Crippen LogP contribution < -0.4 is 14.4 Å². The fraction of sp³-hybridized carbons (Fsp3) is 0.333. The lowest BCUT2D eigenvalue weighted by Gasteiger charge is -2.25. The lowest BCUT2D eigenvalue weighted by Crippen LogP contribution is -2.21. The smallest absolute Gasteiger partial charge is 0.199 e. The van der Waals surface area contributed by atoms with Crippen molar-refractivity contribution in [2.24, 2.45) is 0 Å². The molecule has 2 aliphatic rings. The summed E-state index contributed by atoms with van der Waals surface area (Å²) in [6.45, 7) is 2.05. The van der Waals surface area contributed by atoms with Gasteiger partial charge in [-0.2, -0.15) is 0 Å². The normalized spacial score (nSPS) is 19.6. The van der Waals surface area contributed by atoms with Crippen molar-refractivity contribution >= 4 is 5.82 Å². The molecule has 0 amide bonds. The van der Waals surface area contributed by atoms with Crippen molar-refractivity contribution in [2.75, 3.05) is 19.1 Å². The van der Waals surface area contributed by atoms with Gasteiger partial charge in [0.25, 0.3) is 0 Å². The van der Waals surface area contributed by atoms with Crippen LogP contribution in [0.25, 0.3) is 11.6 Å². The maximum absolute atomic E-state index is 5.53. The Bertz CT molecular complexity index is 1000. The van der Waals surface area contributed by atoms with Gasteiger partial charge in [0.2, 0.25) is 0 Å². The van der Waals surface area contributed by atoms with Gasteiger partial charge in [0, 0.05) is 24.2 Å². The zero-order valence-electron chi connectivity index (χ0n) is 16.1. The summed E-state index contributed by atoms with van der Waals surface area (Å²) in [4.78, 5) is 20.3. The highest BCUT2D eigenvalue weighted by molar-refractivity contribution is 5.63. The first kappa shape index (κ1) is 16.9. The first-order valence-corrected chi connectivity index (χ1v) is 9.36. The number of rotatable bonds is 4. The highest BCUT2D eigenvalue weighted by Gasteiger charge is 2.46. The topological polar surface area (TPSA) is 73.3 Å². The van der Waals surface area contributed by atoms with Crippen LogP contribution in [0.4, 0.5) is 5.82 Å². The maximum atomic E-state index is 5.53. The molecule has 1 fully saturated rings. The van der Waals surface area contributed by atoms with E-state index in [2.05, 4.69) is 38.9 Å². The molecular weight excluding hydrogens is 354 g/mol. The van der Waals surface area contributed by atoms with Crippen LogP contribution >= 0.6 is 0 Å². The molecule has 0 saturated carbocycles. The van der Waals surface area contributed by atoms with Gasteiger partial charge in [-0.25, -0.2) is 19.9 Å². The summed E-state index contributed by atoms with van der Waals surface area (Å²) in [7, 11) is 3.35. The number of anilines is 1. The number of hydrogen-bond acceptors (Lipinski definition) is 7. The third-order valence-corrected chi connectivity index (χ3v) is 5.65. The summed E-state index contributed by atoms with van der Waals surface area (Å²) in [6, 6.07) is 6.57. The second-order valence-corrected chi connectivity index (χ2v) is 7.12. The molecule has 7 heteroatoms. The molecule has 5 rings (SSSR count). The van der Waals surface area contributed by atoms with Gasteiger partial charge in [-0.1, -0.05) is 0 Å². The van der Waals surface area contributed by atoms with E-state index in [9.17, 15) is 0 Å². The third kappa shape index (κ3) is 2.42. The average molecular weight is 375 g/mol. The fourth-order valence-electron chi connectivity index (χ4n) is 4.42. The van der Waals surface area contributed by atoms with Crippen molar-refractivity contribution in [3.8, 4) is 23.1 Å². The number of benzene rings is 1. The Hall–Kier alpha value is -3.22. The Morgan fingerprint density at radius 1 is 0.893 bits per heavy atom. The molecule has 3 aromatic rings. The summed E-state index contributed by atoms with van der Waals surface area (Å²) in [5.74, 6) is 3.57. The molecule has 7 nitrogen and oxygen atoms in total. The number of methoxy groups -OCH3 is 2. The molecule has 1 aromatic carbocycles. The highest BCUT2D eigenvalue weighted by atomic mass is 16.5. The second kappa shape index (κ2) is 6.44. The molecule has 2 atom stereocenters. The minimum absolute atomic E-state index is 0.276. The Kier molecular flexibility index (Phi) is 3.89. The van der Waals surface area contributed by atoms with E-state index in [1.807, 2.05) is 6.20 Å². The highest BCUT2D eigenvalue weighted by Crippen LogP contribution is 2.56. The van der Waals surface area contributed by atoms with E-state index in [0.717, 1.165) is 35.7 Å². The predicted octanol–water partition coefficient (Wildman–Crippen LogP) is 3.66. The van der Waals surface area contributed by atoms with Gasteiger partial charge in [0.15, 0.2) is 23.1 Å². The van der Waals surface area contributed by atoms with E-state index < -0.39 is 0 Å². The van der Waals surface area contributed by atoms with Crippen LogP contribution in [0, 0.1) is 6.92 Å². The molecule has 1 saturated heterocycles. The van der Waals surface area contributed by atoms with Gasteiger partial charge in [-0.3, -0.25) is 0 Å². The largest absolute Gasteiger partial charge is 0.493 e. The van der Waals surface area contributed by atoms with Gasteiger partial charge in [0.1, 0.15) is 5.82 Å². The first-order valence-electron chi connectivity index (χ1n) is 9.36.